The summed E-state index contributed by atoms with van der Waals surface area (Å²) < 4.78 is 26.4. The first-order chi connectivity index (χ1) is 8.46. The Hall–Kier alpha value is -0.190. The molecule has 5 heteroatoms. The van der Waals surface area contributed by atoms with Crippen LogP contribution in [-0.4, -0.2) is 23.2 Å². The molecule has 0 spiro atoms. The van der Waals surface area contributed by atoms with Crippen molar-refractivity contribution in [3.8, 4) is 0 Å². The van der Waals surface area contributed by atoms with Gasteiger partial charge in [0.25, 0.3) is 0 Å². The lowest BCUT2D eigenvalue weighted by atomic mass is 9.86. The van der Waals surface area contributed by atoms with Crippen molar-refractivity contribution in [2.45, 2.75) is 55.7 Å². The maximum atomic E-state index is 13.2. The lowest BCUT2D eigenvalue weighted by molar-refractivity contribution is -0.132. The third-order valence-electron chi connectivity index (χ3n) is 4.05. The van der Waals surface area contributed by atoms with E-state index in [-0.39, 0.29) is 18.7 Å². The molecule has 0 aromatic rings. The van der Waals surface area contributed by atoms with Gasteiger partial charge in [0, 0.05) is 30.1 Å². The van der Waals surface area contributed by atoms with Gasteiger partial charge in [-0.3, -0.25) is 4.79 Å². The van der Waals surface area contributed by atoms with Crippen molar-refractivity contribution in [1.82, 2.24) is 5.32 Å². The molecule has 0 radical (unpaired) electrons. The van der Waals surface area contributed by atoms with E-state index in [1.54, 1.807) is 0 Å². The van der Waals surface area contributed by atoms with Crippen LogP contribution in [0.15, 0.2) is 0 Å². The van der Waals surface area contributed by atoms with Crippen molar-refractivity contribution in [3.63, 3.8) is 0 Å². The van der Waals surface area contributed by atoms with Crippen molar-refractivity contribution in [2.24, 2.45) is 11.8 Å². The molecule has 0 aromatic carbocycles. The van der Waals surface area contributed by atoms with E-state index < -0.39 is 11.8 Å². The number of carbonyl (C=O) groups excluding carboxylic acids is 1. The van der Waals surface area contributed by atoms with Gasteiger partial charge in [-0.15, -0.1) is 0 Å². The van der Waals surface area contributed by atoms with Crippen molar-refractivity contribution >= 4 is 21.8 Å². The van der Waals surface area contributed by atoms with E-state index in [9.17, 15) is 13.6 Å². The van der Waals surface area contributed by atoms with Crippen molar-refractivity contribution in [3.05, 3.63) is 0 Å². The number of alkyl halides is 3. The number of rotatable bonds is 3. The fourth-order valence-corrected chi connectivity index (χ4v) is 3.78. The highest BCUT2D eigenvalue weighted by Crippen LogP contribution is 2.36. The Bertz CT molecular complexity index is 311. The van der Waals surface area contributed by atoms with Gasteiger partial charge in [0.2, 0.25) is 11.8 Å². The third kappa shape index (κ3) is 3.90. The average molecular weight is 324 g/mol. The number of carbonyl (C=O) groups is 1. The molecule has 0 saturated heterocycles. The lowest BCUT2D eigenvalue weighted by Gasteiger charge is -2.28. The summed E-state index contributed by atoms with van der Waals surface area (Å²) in [5, 5.41) is 2.86. The zero-order valence-electron chi connectivity index (χ0n) is 10.4. The molecule has 0 aromatic heterocycles. The summed E-state index contributed by atoms with van der Waals surface area (Å²) in [6.45, 7) is 0.642. The Balaban J connectivity index is 1.74. The topological polar surface area (TPSA) is 29.1 Å². The van der Waals surface area contributed by atoms with Crippen LogP contribution in [0.4, 0.5) is 8.78 Å². The molecule has 2 saturated carbocycles. The highest BCUT2D eigenvalue weighted by Gasteiger charge is 2.39. The number of hydrogen-bond acceptors (Lipinski definition) is 1. The van der Waals surface area contributed by atoms with Gasteiger partial charge < -0.3 is 5.32 Å². The van der Waals surface area contributed by atoms with Crippen LogP contribution in [0, 0.1) is 11.8 Å². The summed E-state index contributed by atoms with van der Waals surface area (Å²) in [6, 6.07) is 0. The normalized spacial score (nSPS) is 35.4. The molecule has 0 heterocycles. The molecule has 1 amide bonds. The zero-order valence-corrected chi connectivity index (χ0v) is 12.0. The highest BCUT2D eigenvalue weighted by molar-refractivity contribution is 9.09. The standard InChI is InChI=1S/C13H20BrF2NO/c14-11-4-3-9(6-11)8-17-12(18)10-2-1-5-13(15,16)7-10/h9-11H,1-8H2,(H,17,18). The Labute approximate surface area is 115 Å². The summed E-state index contributed by atoms with van der Waals surface area (Å²) in [6.07, 6.45) is 4.04. The lowest BCUT2D eigenvalue weighted by Crippen LogP contribution is -2.39. The van der Waals surface area contributed by atoms with E-state index in [0.717, 1.165) is 19.3 Å². The molecule has 2 nitrogen and oxygen atoms in total. The molecular weight excluding hydrogens is 304 g/mol. The first-order valence-electron chi connectivity index (χ1n) is 6.76. The molecule has 3 atom stereocenters. The molecule has 0 bridgehead atoms. The third-order valence-corrected chi connectivity index (χ3v) is 4.88. The average Bonchev–Trinajstić information content (AvgIpc) is 2.70. The first-order valence-corrected chi connectivity index (χ1v) is 7.67. The van der Waals surface area contributed by atoms with Crippen LogP contribution in [0.5, 0.6) is 0 Å². The van der Waals surface area contributed by atoms with E-state index in [1.165, 1.54) is 0 Å². The van der Waals surface area contributed by atoms with Crippen LogP contribution in [0.3, 0.4) is 0 Å². The van der Waals surface area contributed by atoms with Crippen LogP contribution in [0.25, 0.3) is 0 Å². The fraction of sp³-hybridized carbons (Fsp3) is 0.923. The van der Waals surface area contributed by atoms with Gasteiger partial charge in [0.1, 0.15) is 0 Å². The minimum absolute atomic E-state index is 0.0648. The smallest absolute Gasteiger partial charge is 0.248 e. The second kappa shape index (κ2) is 5.85. The maximum Gasteiger partial charge on any atom is 0.248 e. The van der Waals surface area contributed by atoms with Crippen LogP contribution in [-0.2, 0) is 4.79 Å². The number of halogens is 3. The Morgan fingerprint density at radius 2 is 2.11 bits per heavy atom. The molecule has 2 fully saturated rings. The van der Waals surface area contributed by atoms with E-state index in [1.807, 2.05) is 0 Å². The molecular formula is C13H20BrF2NO. The van der Waals surface area contributed by atoms with Crippen molar-refractivity contribution in [2.75, 3.05) is 6.54 Å². The molecule has 2 aliphatic rings. The Kier molecular flexibility index (Phi) is 4.62. The Morgan fingerprint density at radius 1 is 1.33 bits per heavy atom. The molecule has 18 heavy (non-hydrogen) atoms. The van der Waals surface area contributed by atoms with Gasteiger partial charge in [-0.25, -0.2) is 8.78 Å². The van der Waals surface area contributed by atoms with Crippen LogP contribution < -0.4 is 5.32 Å². The molecule has 2 rings (SSSR count). The van der Waals surface area contributed by atoms with Crippen molar-refractivity contribution < 1.29 is 13.6 Å². The second-order valence-corrected chi connectivity index (χ2v) is 6.97. The van der Waals surface area contributed by atoms with Crippen LogP contribution in [0.2, 0.25) is 0 Å². The van der Waals surface area contributed by atoms with E-state index >= 15 is 0 Å². The summed E-state index contributed by atoms with van der Waals surface area (Å²) in [4.78, 5) is 12.4. The van der Waals surface area contributed by atoms with Gasteiger partial charge in [-0.2, -0.15) is 0 Å². The van der Waals surface area contributed by atoms with Crippen LogP contribution >= 0.6 is 15.9 Å². The van der Waals surface area contributed by atoms with E-state index in [2.05, 4.69) is 21.2 Å². The van der Waals surface area contributed by atoms with E-state index in [0.29, 0.717) is 30.1 Å². The first kappa shape index (κ1) is 14.2. The van der Waals surface area contributed by atoms with Crippen molar-refractivity contribution in [1.29, 1.82) is 0 Å². The van der Waals surface area contributed by atoms with Crippen LogP contribution in [0.1, 0.15) is 44.9 Å². The fourth-order valence-electron chi connectivity index (χ4n) is 2.98. The summed E-state index contributed by atoms with van der Waals surface area (Å²) >= 11 is 3.57. The Morgan fingerprint density at radius 3 is 2.72 bits per heavy atom. The van der Waals surface area contributed by atoms with Gasteiger partial charge in [-0.1, -0.05) is 15.9 Å². The quantitative estimate of drug-likeness (QED) is 0.791. The highest BCUT2D eigenvalue weighted by atomic mass is 79.9. The zero-order chi connectivity index (χ0) is 13.2. The summed E-state index contributed by atoms with van der Waals surface area (Å²) in [7, 11) is 0. The van der Waals surface area contributed by atoms with Gasteiger partial charge in [-0.05, 0) is 38.0 Å². The minimum Gasteiger partial charge on any atom is -0.356 e. The molecule has 0 aliphatic heterocycles. The summed E-state index contributed by atoms with van der Waals surface area (Å²) in [5.41, 5.74) is 0. The van der Waals surface area contributed by atoms with Gasteiger partial charge in [0.15, 0.2) is 0 Å². The largest absolute Gasteiger partial charge is 0.356 e. The molecule has 104 valence electrons. The number of hydrogen-bond donors (Lipinski definition) is 1. The molecule has 2 aliphatic carbocycles. The molecule has 1 N–H and O–H groups in total. The second-order valence-electron chi connectivity index (χ2n) is 5.67. The predicted octanol–water partition coefficient (Wildman–Crippen LogP) is 3.49. The minimum atomic E-state index is -2.64. The van der Waals surface area contributed by atoms with Gasteiger partial charge in [0.05, 0.1) is 0 Å². The van der Waals surface area contributed by atoms with Gasteiger partial charge >= 0.3 is 0 Å². The summed E-state index contributed by atoms with van der Waals surface area (Å²) in [5.74, 6) is -2.81. The SMILES string of the molecule is O=C(NCC1CCC(Br)C1)C1CCCC(F)(F)C1. The number of nitrogens with one attached hydrogen (secondary N) is 1. The maximum absolute atomic E-state index is 13.2. The van der Waals surface area contributed by atoms with E-state index in [4.69, 9.17) is 0 Å². The predicted molar refractivity (Wildman–Crippen MR) is 70.0 cm³/mol. The molecule has 3 unspecified atom stereocenters. The number of amides is 1. The monoisotopic (exact) mass is 323 g/mol.